The van der Waals surface area contributed by atoms with Gasteiger partial charge in [0.1, 0.15) is 0 Å². The minimum Gasteiger partial charge on any atom is -0.481 e. The lowest BCUT2D eigenvalue weighted by atomic mass is 10.1. The normalized spacial score (nSPS) is 8.83. The van der Waals surface area contributed by atoms with E-state index in [0.29, 0.717) is 0 Å². The van der Waals surface area contributed by atoms with Gasteiger partial charge < -0.3 is 5.11 Å². The van der Waals surface area contributed by atoms with Crippen molar-refractivity contribution in [1.29, 1.82) is 0 Å². The van der Waals surface area contributed by atoms with E-state index in [0.717, 1.165) is 6.42 Å². The molecular weight excluding hydrogens is 152 g/mol. The summed E-state index contributed by atoms with van der Waals surface area (Å²) < 4.78 is 0. The van der Waals surface area contributed by atoms with Gasteiger partial charge in [-0.25, -0.2) is 0 Å². The van der Waals surface area contributed by atoms with Crippen LogP contribution in [0, 0.1) is 5.92 Å². The molecule has 0 saturated carbocycles. The first-order valence-electron chi connectivity index (χ1n) is 4.41. The van der Waals surface area contributed by atoms with Gasteiger partial charge in [0.05, 0.1) is 5.92 Å². The van der Waals surface area contributed by atoms with Gasteiger partial charge in [-0.3, -0.25) is 4.79 Å². The fourth-order valence-electron chi connectivity index (χ4n) is 0.175. The molecule has 0 aliphatic heterocycles. The lowest BCUT2D eigenvalue weighted by Crippen LogP contribution is -2.06. The molecule has 2 nitrogen and oxygen atoms in total. The molecule has 0 aromatic carbocycles. The topological polar surface area (TPSA) is 37.3 Å². The predicted molar refractivity (Wildman–Crippen MR) is 56.5 cm³/mol. The summed E-state index contributed by atoms with van der Waals surface area (Å²) >= 11 is 0. The first kappa shape index (κ1) is 22.5. The van der Waals surface area contributed by atoms with Crippen LogP contribution in [-0.4, -0.2) is 11.1 Å². The third-order valence-corrected chi connectivity index (χ3v) is 1.03. The molecule has 0 bridgehead atoms. The molecule has 2 heteroatoms. The molecule has 0 radical (unpaired) electrons. The number of aliphatic carboxylic acids is 1. The minimum absolute atomic E-state index is 0. The average Bonchev–Trinajstić information content (AvgIpc) is 2.10. The van der Waals surface area contributed by atoms with Crippen molar-refractivity contribution in [3.8, 4) is 0 Å². The summed E-state index contributed by atoms with van der Waals surface area (Å²) in [5.74, 6) is -0.887. The largest absolute Gasteiger partial charge is 0.481 e. The van der Waals surface area contributed by atoms with Crippen LogP contribution < -0.4 is 0 Å². The van der Waals surface area contributed by atoms with E-state index in [9.17, 15) is 4.79 Å². The van der Waals surface area contributed by atoms with Gasteiger partial charge in [0.25, 0.3) is 0 Å². The zero-order valence-corrected chi connectivity index (χ0v) is 8.64. The number of rotatable bonds is 2. The van der Waals surface area contributed by atoms with Crippen molar-refractivity contribution in [1.82, 2.24) is 0 Å². The summed E-state index contributed by atoms with van der Waals surface area (Å²) in [5, 5.41) is 8.18. The Morgan fingerprint density at radius 3 is 1.50 bits per heavy atom. The predicted octanol–water partition coefficient (Wildman–Crippen LogP) is 3.81. The summed E-state index contributed by atoms with van der Waals surface area (Å²) in [6.07, 6.45) is 0.718. The summed E-state index contributed by atoms with van der Waals surface area (Å²) in [4.78, 5) is 9.93. The smallest absolute Gasteiger partial charge is 0.306 e. The Morgan fingerprint density at radius 2 is 1.50 bits per heavy atom. The number of carboxylic acids is 1. The van der Waals surface area contributed by atoms with Gasteiger partial charge in [-0.05, 0) is 6.42 Å². The van der Waals surface area contributed by atoms with E-state index in [-0.39, 0.29) is 13.3 Å². The van der Waals surface area contributed by atoms with Crippen LogP contribution in [0.25, 0.3) is 0 Å². The van der Waals surface area contributed by atoms with Gasteiger partial charge in [0, 0.05) is 0 Å². The highest BCUT2D eigenvalue weighted by Gasteiger charge is 2.05. The first-order chi connectivity index (χ1) is 5.18. The van der Waals surface area contributed by atoms with E-state index < -0.39 is 5.97 Å². The highest BCUT2D eigenvalue weighted by molar-refractivity contribution is 5.69. The van der Waals surface area contributed by atoms with E-state index >= 15 is 0 Å². The Labute approximate surface area is 78.0 Å². The molecule has 0 aliphatic rings. The second-order valence-corrected chi connectivity index (χ2v) is 1.65. The SMILES string of the molecule is C.CC.CC.CCC(C)C(=O)O. The third kappa shape index (κ3) is 22.7. The van der Waals surface area contributed by atoms with Crippen molar-refractivity contribution in [3.63, 3.8) is 0 Å². The molecule has 12 heavy (non-hydrogen) atoms. The van der Waals surface area contributed by atoms with Gasteiger partial charge in [0.2, 0.25) is 0 Å². The maximum atomic E-state index is 9.93. The molecule has 0 heterocycles. The molecule has 0 aromatic heterocycles. The fraction of sp³-hybridized carbons (Fsp3) is 0.900. The van der Waals surface area contributed by atoms with Gasteiger partial charge in [-0.1, -0.05) is 49.0 Å². The van der Waals surface area contributed by atoms with E-state index in [1.807, 2.05) is 34.6 Å². The Hall–Kier alpha value is -0.530. The van der Waals surface area contributed by atoms with E-state index in [4.69, 9.17) is 5.11 Å². The van der Waals surface area contributed by atoms with Gasteiger partial charge in [-0.15, -0.1) is 0 Å². The molecular formula is C10H26O2. The molecule has 0 saturated heterocycles. The van der Waals surface area contributed by atoms with E-state index in [2.05, 4.69) is 0 Å². The molecule has 0 rings (SSSR count). The van der Waals surface area contributed by atoms with Crippen LogP contribution in [0.15, 0.2) is 0 Å². The fourth-order valence-corrected chi connectivity index (χ4v) is 0.175. The highest BCUT2D eigenvalue weighted by Crippen LogP contribution is 1.97. The van der Waals surface area contributed by atoms with Crippen LogP contribution in [0.2, 0.25) is 0 Å². The van der Waals surface area contributed by atoms with Crippen molar-refractivity contribution in [2.45, 2.75) is 55.4 Å². The second kappa shape index (κ2) is 22.4. The number of hydrogen-bond donors (Lipinski definition) is 1. The van der Waals surface area contributed by atoms with E-state index in [1.165, 1.54) is 0 Å². The summed E-state index contributed by atoms with van der Waals surface area (Å²) in [7, 11) is 0. The van der Waals surface area contributed by atoms with Crippen molar-refractivity contribution in [3.05, 3.63) is 0 Å². The molecule has 0 amide bonds. The van der Waals surface area contributed by atoms with Crippen molar-refractivity contribution in [2.24, 2.45) is 5.92 Å². The lowest BCUT2D eigenvalue weighted by Gasteiger charge is -1.96. The maximum absolute atomic E-state index is 9.93. The van der Waals surface area contributed by atoms with Crippen LogP contribution in [0.1, 0.15) is 55.4 Å². The molecule has 1 unspecified atom stereocenters. The third-order valence-electron chi connectivity index (χ3n) is 1.03. The maximum Gasteiger partial charge on any atom is 0.306 e. The Balaban J connectivity index is -0.0000000560. The molecule has 78 valence electrons. The Kier molecular flexibility index (Phi) is 42.1. The summed E-state index contributed by atoms with van der Waals surface area (Å²) in [5.41, 5.74) is 0. The molecule has 0 aromatic rings. The molecule has 0 fully saturated rings. The number of hydrogen-bond acceptors (Lipinski definition) is 1. The Bertz CT molecular complexity index is 70.2. The lowest BCUT2D eigenvalue weighted by molar-refractivity contribution is -0.141. The van der Waals surface area contributed by atoms with Crippen molar-refractivity contribution >= 4 is 5.97 Å². The summed E-state index contributed by atoms with van der Waals surface area (Å²) in [6.45, 7) is 11.6. The molecule has 0 aliphatic carbocycles. The van der Waals surface area contributed by atoms with Crippen LogP contribution in [0.5, 0.6) is 0 Å². The van der Waals surface area contributed by atoms with Crippen LogP contribution in [-0.2, 0) is 4.79 Å². The van der Waals surface area contributed by atoms with Crippen LogP contribution >= 0.6 is 0 Å². The monoisotopic (exact) mass is 178 g/mol. The average molecular weight is 178 g/mol. The van der Waals surface area contributed by atoms with Gasteiger partial charge in [0.15, 0.2) is 0 Å². The Morgan fingerprint density at radius 1 is 1.25 bits per heavy atom. The van der Waals surface area contributed by atoms with Crippen LogP contribution in [0.3, 0.4) is 0 Å². The van der Waals surface area contributed by atoms with Crippen molar-refractivity contribution in [2.75, 3.05) is 0 Å². The minimum atomic E-state index is -0.706. The highest BCUT2D eigenvalue weighted by atomic mass is 16.4. The molecule has 0 spiro atoms. The standard InChI is InChI=1S/C5H10O2.2C2H6.CH4/c1-3-4(2)5(6)7;2*1-2;/h4H,3H2,1-2H3,(H,6,7);2*1-2H3;1H4. The molecule has 1 N–H and O–H groups in total. The first-order valence-corrected chi connectivity index (χ1v) is 4.41. The van der Waals surface area contributed by atoms with Gasteiger partial charge >= 0.3 is 5.97 Å². The number of carboxylic acid groups (broad SMARTS) is 1. The number of carbonyl (C=O) groups is 1. The molecule has 1 atom stereocenters. The quantitative estimate of drug-likeness (QED) is 0.698. The van der Waals surface area contributed by atoms with Crippen molar-refractivity contribution < 1.29 is 9.90 Å². The summed E-state index contributed by atoms with van der Waals surface area (Å²) in [6, 6.07) is 0. The van der Waals surface area contributed by atoms with E-state index in [1.54, 1.807) is 6.92 Å². The second-order valence-electron chi connectivity index (χ2n) is 1.65. The zero-order valence-electron chi connectivity index (χ0n) is 8.64. The van der Waals surface area contributed by atoms with Crippen LogP contribution in [0.4, 0.5) is 0 Å². The van der Waals surface area contributed by atoms with Gasteiger partial charge in [-0.2, -0.15) is 0 Å². The zero-order chi connectivity index (χ0) is 9.86.